The van der Waals surface area contributed by atoms with Crippen molar-refractivity contribution < 1.29 is 19.1 Å². The van der Waals surface area contributed by atoms with Crippen LogP contribution in [-0.2, 0) is 4.79 Å². The average molecular weight is 431 g/mol. The zero-order valence-electron chi connectivity index (χ0n) is 18.9. The molecule has 1 heterocycles. The summed E-state index contributed by atoms with van der Waals surface area (Å²) in [7, 11) is 1.57. The standard InChI is InChI=1S/C23H34N4O4/c1-23(2,3)26-22(30)27-13-11-15(12-14-27)19(21(29)24-17-7-8-17)25-20(28)16-5-9-18(31-4)10-6-16/h5-6,9-10,15,17,19H,7-8,11-14H2,1-4H3,(H,24,29)(H,25,28)(H,26,30)/t19-/m0/s1. The molecule has 8 nitrogen and oxygen atoms in total. The Bertz CT molecular complexity index is 791. The Kier molecular flexibility index (Phi) is 7.08. The number of amides is 4. The Labute approximate surface area is 184 Å². The van der Waals surface area contributed by atoms with Crippen LogP contribution in [0.2, 0.25) is 0 Å². The SMILES string of the molecule is COc1ccc(C(=O)N[C@H](C(=O)NC2CC2)C2CCN(C(=O)NC(C)(C)C)CC2)cc1. The lowest BCUT2D eigenvalue weighted by Gasteiger charge is -2.37. The minimum atomic E-state index is -0.622. The van der Waals surface area contributed by atoms with Crippen LogP contribution < -0.4 is 20.7 Å². The van der Waals surface area contributed by atoms with E-state index in [9.17, 15) is 14.4 Å². The second kappa shape index (κ2) is 9.58. The first kappa shape index (κ1) is 22.9. The molecule has 1 saturated heterocycles. The van der Waals surface area contributed by atoms with Gasteiger partial charge >= 0.3 is 6.03 Å². The van der Waals surface area contributed by atoms with Crippen molar-refractivity contribution in [3.63, 3.8) is 0 Å². The number of methoxy groups -OCH3 is 1. The molecule has 1 atom stereocenters. The maximum Gasteiger partial charge on any atom is 0.317 e. The van der Waals surface area contributed by atoms with E-state index >= 15 is 0 Å². The summed E-state index contributed by atoms with van der Waals surface area (Å²) in [5.74, 6) is 0.216. The molecule has 1 aliphatic carbocycles. The highest BCUT2D eigenvalue weighted by Crippen LogP contribution is 2.24. The number of urea groups is 1. The van der Waals surface area contributed by atoms with Gasteiger partial charge < -0.3 is 25.6 Å². The number of hydrogen-bond donors (Lipinski definition) is 3. The van der Waals surface area contributed by atoms with E-state index in [2.05, 4.69) is 16.0 Å². The van der Waals surface area contributed by atoms with Gasteiger partial charge in [-0.25, -0.2) is 4.79 Å². The Balaban J connectivity index is 1.64. The molecule has 0 spiro atoms. The minimum absolute atomic E-state index is 0.0281. The summed E-state index contributed by atoms with van der Waals surface area (Å²) >= 11 is 0. The first-order valence-corrected chi connectivity index (χ1v) is 11.0. The lowest BCUT2D eigenvalue weighted by molar-refractivity contribution is -0.124. The van der Waals surface area contributed by atoms with Gasteiger partial charge in [0, 0.05) is 30.2 Å². The molecule has 0 unspecified atom stereocenters. The second-order valence-electron chi connectivity index (χ2n) is 9.47. The molecule has 0 aromatic heterocycles. The van der Waals surface area contributed by atoms with Crippen LogP contribution in [0, 0.1) is 5.92 Å². The third-order valence-electron chi connectivity index (χ3n) is 5.63. The van der Waals surface area contributed by atoms with Gasteiger partial charge in [-0.3, -0.25) is 9.59 Å². The number of carbonyl (C=O) groups is 3. The molecule has 4 amide bonds. The summed E-state index contributed by atoms with van der Waals surface area (Å²) in [6, 6.07) is 6.31. The highest BCUT2D eigenvalue weighted by molar-refractivity contribution is 5.97. The van der Waals surface area contributed by atoms with Crippen LogP contribution in [0.25, 0.3) is 0 Å². The zero-order valence-corrected chi connectivity index (χ0v) is 18.9. The normalized spacial score (nSPS) is 18.1. The number of rotatable bonds is 6. The number of carbonyl (C=O) groups excluding carboxylic acids is 3. The number of piperidine rings is 1. The smallest absolute Gasteiger partial charge is 0.317 e. The van der Waals surface area contributed by atoms with Gasteiger partial charge in [-0.2, -0.15) is 0 Å². The van der Waals surface area contributed by atoms with Gasteiger partial charge in [-0.05, 0) is 76.6 Å². The fourth-order valence-corrected chi connectivity index (χ4v) is 3.72. The third-order valence-corrected chi connectivity index (χ3v) is 5.63. The van der Waals surface area contributed by atoms with Gasteiger partial charge in [0.05, 0.1) is 7.11 Å². The molecular weight excluding hydrogens is 396 g/mol. The molecule has 1 saturated carbocycles. The predicted molar refractivity (Wildman–Crippen MR) is 118 cm³/mol. The van der Waals surface area contributed by atoms with E-state index in [1.54, 1.807) is 36.3 Å². The fraction of sp³-hybridized carbons (Fsp3) is 0.609. The van der Waals surface area contributed by atoms with E-state index in [0.29, 0.717) is 37.2 Å². The lowest BCUT2D eigenvalue weighted by Crippen LogP contribution is -2.56. The van der Waals surface area contributed by atoms with Crippen LogP contribution in [0.1, 0.15) is 56.8 Å². The van der Waals surface area contributed by atoms with Crippen molar-refractivity contribution in [3.05, 3.63) is 29.8 Å². The third kappa shape index (κ3) is 6.60. The summed E-state index contributed by atoms with van der Waals surface area (Å²) in [5.41, 5.74) is 0.180. The van der Waals surface area contributed by atoms with E-state index in [4.69, 9.17) is 4.74 Å². The van der Waals surface area contributed by atoms with Gasteiger partial charge in [0.25, 0.3) is 5.91 Å². The number of likely N-dealkylation sites (tertiary alicyclic amines) is 1. The Hall–Kier alpha value is -2.77. The zero-order chi connectivity index (χ0) is 22.6. The van der Waals surface area contributed by atoms with Crippen LogP contribution in [-0.4, -0.2) is 60.6 Å². The van der Waals surface area contributed by atoms with Gasteiger partial charge in [-0.1, -0.05) is 0 Å². The Morgan fingerprint density at radius 3 is 2.16 bits per heavy atom. The second-order valence-corrected chi connectivity index (χ2v) is 9.47. The molecule has 3 N–H and O–H groups in total. The Morgan fingerprint density at radius 2 is 1.65 bits per heavy atom. The van der Waals surface area contributed by atoms with Crippen molar-refractivity contribution in [2.45, 2.75) is 64.1 Å². The van der Waals surface area contributed by atoms with Gasteiger partial charge in [0.1, 0.15) is 11.8 Å². The molecule has 1 aromatic carbocycles. The maximum atomic E-state index is 12.9. The van der Waals surface area contributed by atoms with E-state index in [1.165, 1.54) is 0 Å². The first-order chi connectivity index (χ1) is 14.7. The average Bonchev–Trinajstić information content (AvgIpc) is 3.54. The molecule has 31 heavy (non-hydrogen) atoms. The molecule has 170 valence electrons. The van der Waals surface area contributed by atoms with Crippen LogP contribution in [0.15, 0.2) is 24.3 Å². The molecule has 2 fully saturated rings. The van der Waals surface area contributed by atoms with Crippen molar-refractivity contribution in [1.82, 2.24) is 20.9 Å². The molecule has 1 aliphatic heterocycles. The Morgan fingerprint density at radius 1 is 1.03 bits per heavy atom. The van der Waals surface area contributed by atoms with Crippen molar-refractivity contribution in [1.29, 1.82) is 0 Å². The largest absolute Gasteiger partial charge is 0.497 e. The fourth-order valence-electron chi connectivity index (χ4n) is 3.72. The molecular formula is C23H34N4O4. The number of ether oxygens (including phenoxy) is 1. The maximum absolute atomic E-state index is 12.9. The molecule has 0 radical (unpaired) electrons. The van der Waals surface area contributed by atoms with Gasteiger partial charge in [0.2, 0.25) is 5.91 Å². The van der Waals surface area contributed by atoms with Crippen LogP contribution >= 0.6 is 0 Å². The molecule has 2 aliphatic rings. The molecule has 0 bridgehead atoms. The summed E-state index contributed by atoms with van der Waals surface area (Å²) in [4.78, 5) is 40.0. The first-order valence-electron chi connectivity index (χ1n) is 11.0. The highest BCUT2D eigenvalue weighted by Gasteiger charge is 2.36. The number of nitrogens with zero attached hydrogens (tertiary/aromatic N) is 1. The van der Waals surface area contributed by atoms with Crippen molar-refractivity contribution >= 4 is 17.8 Å². The van der Waals surface area contributed by atoms with Gasteiger partial charge in [0.15, 0.2) is 0 Å². The number of benzene rings is 1. The minimum Gasteiger partial charge on any atom is -0.497 e. The number of nitrogens with one attached hydrogen (secondary N) is 3. The van der Waals surface area contributed by atoms with Crippen LogP contribution in [0.4, 0.5) is 4.79 Å². The van der Waals surface area contributed by atoms with Crippen molar-refractivity contribution in [2.75, 3.05) is 20.2 Å². The van der Waals surface area contributed by atoms with Crippen molar-refractivity contribution in [2.24, 2.45) is 5.92 Å². The lowest BCUT2D eigenvalue weighted by atomic mass is 9.88. The molecule has 1 aromatic rings. The number of hydrogen-bond acceptors (Lipinski definition) is 4. The van der Waals surface area contributed by atoms with Crippen molar-refractivity contribution in [3.8, 4) is 5.75 Å². The van der Waals surface area contributed by atoms with Crippen LogP contribution in [0.5, 0.6) is 5.75 Å². The highest BCUT2D eigenvalue weighted by atomic mass is 16.5. The summed E-state index contributed by atoms with van der Waals surface area (Å²) < 4.78 is 5.14. The topological polar surface area (TPSA) is 99.8 Å². The molecule has 8 heteroatoms. The summed E-state index contributed by atoms with van der Waals surface area (Å²) in [5, 5.41) is 8.95. The van der Waals surface area contributed by atoms with E-state index < -0.39 is 6.04 Å². The van der Waals surface area contributed by atoms with E-state index in [-0.39, 0.29) is 35.3 Å². The van der Waals surface area contributed by atoms with Crippen LogP contribution in [0.3, 0.4) is 0 Å². The van der Waals surface area contributed by atoms with E-state index in [0.717, 1.165) is 12.8 Å². The molecule has 3 rings (SSSR count). The predicted octanol–water partition coefficient (Wildman–Crippen LogP) is 2.29. The monoisotopic (exact) mass is 430 g/mol. The summed E-state index contributed by atoms with van der Waals surface area (Å²) in [6.07, 6.45) is 3.28. The quantitative estimate of drug-likeness (QED) is 0.645. The van der Waals surface area contributed by atoms with Gasteiger partial charge in [-0.15, -0.1) is 0 Å². The summed E-state index contributed by atoms with van der Waals surface area (Å²) in [6.45, 7) is 6.95. The van der Waals surface area contributed by atoms with E-state index in [1.807, 2.05) is 20.8 Å².